The third kappa shape index (κ3) is 24.2. The second-order valence-electron chi connectivity index (χ2n) is 2.82. The lowest BCUT2D eigenvalue weighted by atomic mass is 10.1. The molecule has 0 aliphatic carbocycles. The van der Waals surface area contributed by atoms with Gasteiger partial charge in [-0.3, -0.25) is 0 Å². The van der Waals surface area contributed by atoms with E-state index in [2.05, 4.69) is 12.2 Å². The first-order chi connectivity index (χ1) is 5.81. The van der Waals surface area contributed by atoms with Gasteiger partial charge in [-0.15, -0.1) is 49.6 Å². The summed E-state index contributed by atoms with van der Waals surface area (Å²) in [6.45, 7) is 4.78. The van der Waals surface area contributed by atoms with E-state index in [4.69, 9.17) is 11.5 Å². The SMILES string of the molecule is CCNCCCC(N)C=CCN.Cl.Cl.Cl.Cl. The van der Waals surface area contributed by atoms with Gasteiger partial charge in [-0.05, 0) is 25.9 Å². The zero-order valence-electron chi connectivity index (χ0n) is 9.56. The van der Waals surface area contributed by atoms with Crippen LogP contribution in [-0.2, 0) is 0 Å². The molecule has 0 aromatic rings. The number of hydrogen-bond donors (Lipinski definition) is 3. The molecule has 0 heterocycles. The summed E-state index contributed by atoms with van der Waals surface area (Å²) in [5.74, 6) is 0. The zero-order chi connectivity index (χ0) is 9.23. The first-order valence-electron chi connectivity index (χ1n) is 4.64. The Hall–Kier alpha value is 0.780. The van der Waals surface area contributed by atoms with Crippen molar-refractivity contribution in [1.82, 2.24) is 5.32 Å². The van der Waals surface area contributed by atoms with Crippen molar-refractivity contribution >= 4 is 49.6 Å². The van der Waals surface area contributed by atoms with Crippen LogP contribution in [0.5, 0.6) is 0 Å². The molecule has 0 saturated heterocycles. The highest BCUT2D eigenvalue weighted by molar-refractivity contribution is 5.86. The Morgan fingerprint density at radius 1 is 1.19 bits per heavy atom. The second kappa shape index (κ2) is 24.8. The predicted octanol–water partition coefficient (Wildman–Crippen LogP) is 1.91. The quantitative estimate of drug-likeness (QED) is 0.496. The Kier molecular flexibility index (Phi) is 46.7. The molecular formula is C9H25Cl4N3. The lowest BCUT2D eigenvalue weighted by Crippen LogP contribution is -2.21. The molecule has 0 amide bonds. The average Bonchev–Trinajstić information content (AvgIpc) is 2.09. The molecule has 5 N–H and O–H groups in total. The van der Waals surface area contributed by atoms with Crippen molar-refractivity contribution in [2.45, 2.75) is 25.8 Å². The second-order valence-corrected chi connectivity index (χ2v) is 2.82. The van der Waals surface area contributed by atoms with Crippen molar-refractivity contribution in [2.24, 2.45) is 11.5 Å². The van der Waals surface area contributed by atoms with Gasteiger partial charge in [0.2, 0.25) is 0 Å². The molecule has 0 aliphatic rings. The molecule has 0 rings (SSSR count). The molecule has 0 aromatic heterocycles. The first kappa shape index (κ1) is 30.1. The summed E-state index contributed by atoms with van der Waals surface area (Å²) in [6, 6.07) is 0.173. The van der Waals surface area contributed by atoms with Gasteiger partial charge in [-0.25, -0.2) is 0 Å². The number of rotatable bonds is 7. The monoisotopic (exact) mass is 315 g/mol. The highest BCUT2D eigenvalue weighted by Gasteiger charge is 1.95. The molecule has 0 fully saturated rings. The molecule has 0 aliphatic heterocycles. The maximum absolute atomic E-state index is 5.77. The van der Waals surface area contributed by atoms with E-state index in [1.807, 2.05) is 12.2 Å². The molecule has 1 unspecified atom stereocenters. The van der Waals surface area contributed by atoms with Crippen LogP contribution in [0.15, 0.2) is 12.2 Å². The standard InChI is InChI=1S/C9H21N3.4ClH/c1-2-12-8-4-6-9(11)5-3-7-10;;;;/h3,5,9,12H,2,4,6-8,10-11H2,1H3;4*1H. The van der Waals surface area contributed by atoms with Gasteiger partial charge < -0.3 is 16.8 Å². The summed E-state index contributed by atoms with van der Waals surface area (Å²) >= 11 is 0. The maximum Gasteiger partial charge on any atom is 0.0224 e. The van der Waals surface area contributed by atoms with Gasteiger partial charge in [0.15, 0.2) is 0 Å². The van der Waals surface area contributed by atoms with Crippen molar-refractivity contribution in [1.29, 1.82) is 0 Å². The highest BCUT2D eigenvalue weighted by Crippen LogP contribution is 1.94. The summed E-state index contributed by atoms with van der Waals surface area (Å²) in [5, 5.41) is 3.26. The van der Waals surface area contributed by atoms with Gasteiger partial charge in [-0.1, -0.05) is 19.1 Å². The Balaban J connectivity index is -0.000000101. The van der Waals surface area contributed by atoms with Crippen LogP contribution in [-0.4, -0.2) is 25.7 Å². The van der Waals surface area contributed by atoms with E-state index in [0.29, 0.717) is 6.54 Å². The van der Waals surface area contributed by atoms with E-state index in [9.17, 15) is 0 Å². The largest absolute Gasteiger partial charge is 0.327 e. The summed E-state index contributed by atoms with van der Waals surface area (Å²) in [4.78, 5) is 0. The Bertz CT molecular complexity index is 125. The van der Waals surface area contributed by atoms with Crippen LogP contribution in [0.3, 0.4) is 0 Å². The van der Waals surface area contributed by atoms with Gasteiger partial charge >= 0.3 is 0 Å². The average molecular weight is 317 g/mol. The number of nitrogens with two attached hydrogens (primary N) is 2. The predicted molar refractivity (Wildman–Crippen MR) is 82.9 cm³/mol. The molecule has 104 valence electrons. The molecule has 0 radical (unpaired) electrons. The third-order valence-corrected chi connectivity index (χ3v) is 1.66. The van der Waals surface area contributed by atoms with E-state index < -0.39 is 0 Å². The van der Waals surface area contributed by atoms with Crippen LogP contribution in [0.1, 0.15) is 19.8 Å². The van der Waals surface area contributed by atoms with Crippen molar-refractivity contribution in [3.63, 3.8) is 0 Å². The van der Waals surface area contributed by atoms with Gasteiger partial charge in [0.05, 0.1) is 0 Å². The smallest absolute Gasteiger partial charge is 0.0224 e. The minimum Gasteiger partial charge on any atom is -0.327 e. The molecule has 3 nitrogen and oxygen atoms in total. The van der Waals surface area contributed by atoms with E-state index in [1.54, 1.807) is 0 Å². The van der Waals surface area contributed by atoms with Gasteiger partial charge in [0.25, 0.3) is 0 Å². The third-order valence-electron chi connectivity index (χ3n) is 1.66. The minimum absolute atomic E-state index is 0. The fraction of sp³-hybridized carbons (Fsp3) is 0.778. The molecule has 16 heavy (non-hydrogen) atoms. The molecule has 1 atom stereocenters. The van der Waals surface area contributed by atoms with Crippen LogP contribution in [0.4, 0.5) is 0 Å². The highest BCUT2D eigenvalue weighted by atomic mass is 35.5. The topological polar surface area (TPSA) is 64.1 Å². The molecule has 7 heteroatoms. The molecular weight excluding hydrogens is 292 g/mol. The Labute approximate surface area is 124 Å². The van der Waals surface area contributed by atoms with Crippen molar-refractivity contribution in [2.75, 3.05) is 19.6 Å². The van der Waals surface area contributed by atoms with Gasteiger partial charge in [0.1, 0.15) is 0 Å². The van der Waals surface area contributed by atoms with Crippen LogP contribution in [0.2, 0.25) is 0 Å². The number of nitrogens with one attached hydrogen (secondary N) is 1. The molecule has 0 spiro atoms. The Morgan fingerprint density at radius 3 is 2.19 bits per heavy atom. The fourth-order valence-electron chi connectivity index (χ4n) is 0.989. The normalized spacial score (nSPS) is 10.4. The first-order valence-corrected chi connectivity index (χ1v) is 4.64. The lowest BCUT2D eigenvalue weighted by Gasteiger charge is -2.05. The van der Waals surface area contributed by atoms with Crippen LogP contribution >= 0.6 is 49.6 Å². The van der Waals surface area contributed by atoms with Crippen molar-refractivity contribution < 1.29 is 0 Å². The molecule has 0 bridgehead atoms. The molecule has 0 saturated carbocycles. The Morgan fingerprint density at radius 2 is 1.75 bits per heavy atom. The molecule has 0 aromatic carbocycles. The lowest BCUT2D eigenvalue weighted by molar-refractivity contribution is 0.609. The van der Waals surface area contributed by atoms with E-state index >= 15 is 0 Å². The van der Waals surface area contributed by atoms with Crippen LogP contribution in [0, 0.1) is 0 Å². The van der Waals surface area contributed by atoms with Gasteiger partial charge in [-0.2, -0.15) is 0 Å². The van der Waals surface area contributed by atoms with Crippen LogP contribution in [0.25, 0.3) is 0 Å². The summed E-state index contributed by atoms with van der Waals surface area (Å²) < 4.78 is 0. The number of halogens is 4. The van der Waals surface area contributed by atoms with Gasteiger partial charge in [0, 0.05) is 12.6 Å². The summed E-state index contributed by atoms with van der Waals surface area (Å²) in [5.41, 5.74) is 11.1. The number of hydrogen-bond acceptors (Lipinski definition) is 3. The van der Waals surface area contributed by atoms with E-state index in [-0.39, 0.29) is 55.7 Å². The maximum atomic E-state index is 5.77. The zero-order valence-corrected chi connectivity index (χ0v) is 12.8. The van der Waals surface area contributed by atoms with E-state index in [1.165, 1.54) is 0 Å². The minimum atomic E-state index is 0. The van der Waals surface area contributed by atoms with Crippen LogP contribution < -0.4 is 16.8 Å². The van der Waals surface area contributed by atoms with E-state index in [0.717, 1.165) is 25.9 Å². The summed E-state index contributed by atoms with van der Waals surface area (Å²) in [7, 11) is 0. The van der Waals surface area contributed by atoms with Crippen molar-refractivity contribution in [3.05, 3.63) is 12.2 Å². The summed E-state index contributed by atoms with van der Waals surface area (Å²) in [6.07, 6.45) is 6.05. The fourth-order valence-corrected chi connectivity index (χ4v) is 0.989. The van der Waals surface area contributed by atoms with Crippen molar-refractivity contribution in [3.8, 4) is 0 Å².